The molecule has 0 N–H and O–H groups in total. The highest BCUT2D eigenvalue weighted by atomic mass is 16.7. The molecule has 5 nitrogen and oxygen atoms in total. The maximum absolute atomic E-state index is 6.57. The van der Waals surface area contributed by atoms with E-state index in [4.69, 9.17) is 23.7 Å². The largest absolute Gasteiger partial charge is 0.378 e. The van der Waals surface area contributed by atoms with Gasteiger partial charge in [-0.15, -0.1) is 0 Å². The van der Waals surface area contributed by atoms with Gasteiger partial charge < -0.3 is 23.7 Å². The Labute approximate surface area is 191 Å². The van der Waals surface area contributed by atoms with E-state index in [0.29, 0.717) is 6.10 Å². The molecular weight excluding hydrogens is 391 g/mol. The zero-order valence-electron chi connectivity index (χ0n) is 20.7. The maximum Gasteiger partial charge on any atom is 0.158 e. The highest BCUT2D eigenvalue weighted by Gasteiger charge is 2.33. The molecule has 3 rings (SSSR count). The van der Waals surface area contributed by atoms with Crippen molar-refractivity contribution in [2.75, 3.05) is 19.8 Å². The monoisotopic (exact) mass is 438 g/mol. The van der Waals surface area contributed by atoms with Crippen LogP contribution in [-0.2, 0) is 23.7 Å². The van der Waals surface area contributed by atoms with E-state index in [0.717, 1.165) is 84.0 Å². The first-order valence-corrected chi connectivity index (χ1v) is 13.0. The second-order valence-electron chi connectivity index (χ2n) is 11.2. The first kappa shape index (κ1) is 25.5. The first-order chi connectivity index (χ1) is 14.8. The van der Waals surface area contributed by atoms with E-state index in [2.05, 4.69) is 28.6 Å². The van der Waals surface area contributed by atoms with Crippen molar-refractivity contribution in [3.8, 4) is 0 Å². The van der Waals surface area contributed by atoms with E-state index in [1.165, 1.54) is 19.3 Å². The molecule has 3 aliphatic heterocycles. The third-order valence-corrected chi connectivity index (χ3v) is 7.17. The number of hydrogen-bond donors (Lipinski definition) is 0. The van der Waals surface area contributed by atoms with Gasteiger partial charge in [0.15, 0.2) is 12.6 Å². The van der Waals surface area contributed by atoms with Crippen molar-refractivity contribution in [1.82, 2.24) is 0 Å². The van der Waals surface area contributed by atoms with E-state index in [1.54, 1.807) is 0 Å². The Bertz CT molecular complexity index is 503. The quantitative estimate of drug-likeness (QED) is 0.582. The molecule has 3 heterocycles. The summed E-state index contributed by atoms with van der Waals surface area (Å²) in [5, 5.41) is 0. The SMILES string of the molecule is BC1(OC2CCCCCCO2)CCCOC(OC2CCCOC(C(C)(C)C)CC2)CC1. The molecule has 3 fully saturated rings. The minimum atomic E-state index is -0.151. The van der Waals surface area contributed by atoms with Crippen LogP contribution in [0.4, 0.5) is 0 Å². The highest BCUT2D eigenvalue weighted by molar-refractivity contribution is 6.14. The smallest absolute Gasteiger partial charge is 0.158 e. The first-order valence-electron chi connectivity index (χ1n) is 13.0. The minimum absolute atomic E-state index is 0.0510. The van der Waals surface area contributed by atoms with Gasteiger partial charge in [-0.1, -0.05) is 33.6 Å². The summed E-state index contributed by atoms with van der Waals surface area (Å²) in [5.74, 6) is 0. The second kappa shape index (κ2) is 12.4. The van der Waals surface area contributed by atoms with Crippen molar-refractivity contribution in [1.29, 1.82) is 0 Å². The molecular formula is C25H47BO5. The Kier molecular flexibility index (Phi) is 10.2. The van der Waals surface area contributed by atoms with Crippen LogP contribution in [-0.4, -0.2) is 58.0 Å². The van der Waals surface area contributed by atoms with Gasteiger partial charge >= 0.3 is 0 Å². The average Bonchev–Trinajstić information content (AvgIpc) is 2.64. The number of ether oxygens (including phenoxy) is 5. The molecule has 180 valence electrons. The van der Waals surface area contributed by atoms with Gasteiger partial charge in [-0.3, -0.25) is 0 Å². The van der Waals surface area contributed by atoms with Gasteiger partial charge in [-0.05, 0) is 69.6 Å². The van der Waals surface area contributed by atoms with E-state index >= 15 is 0 Å². The molecule has 3 aliphatic rings. The summed E-state index contributed by atoms with van der Waals surface area (Å²) < 4.78 is 31.4. The minimum Gasteiger partial charge on any atom is -0.378 e. The Hall–Kier alpha value is -0.135. The summed E-state index contributed by atoms with van der Waals surface area (Å²) in [7, 11) is 2.26. The summed E-state index contributed by atoms with van der Waals surface area (Å²) >= 11 is 0. The van der Waals surface area contributed by atoms with Crippen molar-refractivity contribution in [3.05, 3.63) is 0 Å². The van der Waals surface area contributed by atoms with Crippen molar-refractivity contribution in [2.45, 2.75) is 135 Å². The molecule has 0 bridgehead atoms. The number of hydrogen-bond acceptors (Lipinski definition) is 5. The fraction of sp³-hybridized carbons (Fsp3) is 1.00. The van der Waals surface area contributed by atoms with Crippen LogP contribution in [0, 0.1) is 5.41 Å². The fourth-order valence-electron chi connectivity index (χ4n) is 5.13. The molecule has 0 aromatic rings. The van der Waals surface area contributed by atoms with Crippen LogP contribution in [0.5, 0.6) is 0 Å². The van der Waals surface area contributed by atoms with Gasteiger partial charge in [0.1, 0.15) is 7.85 Å². The van der Waals surface area contributed by atoms with Crippen molar-refractivity contribution < 1.29 is 23.7 Å². The van der Waals surface area contributed by atoms with Gasteiger partial charge in [-0.2, -0.15) is 0 Å². The predicted molar refractivity (Wildman–Crippen MR) is 126 cm³/mol. The van der Waals surface area contributed by atoms with Crippen LogP contribution in [0.2, 0.25) is 0 Å². The molecule has 0 radical (unpaired) electrons. The lowest BCUT2D eigenvalue weighted by Gasteiger charge is -2.38. The van der Waals surface area contributed by atoms with E-state index in [1.807, 2.05) is 0 Å². The zero-order chi connectivity index (χ0) is 22.2. The lowest BCUT2D eigenvalue weighted by molar-refractivity contribution is -0.220. The Morgan fingerprint density at radius 3 is 2.29 bits per heavy atom. The van der Waals surface area contributed by atoms with E-state index in [-0.39, 0.29) is 29.6 Å². The second-order valence-corrected chi connectivity index (χ2v) is 11.2. The zero-order valence-corrected chi connectivity index (χ0v) is 20.7. The van der Waals surface area contributed by atoms with Gasteiger partial charge in [0.25, 0.3) is 0 Å². The van der Waals surface area contributed by atoms with Gasteiger partial charge in [0, 0.05) is 31.7 Å². The lowest BCUT2D eigenvalue weighted by atomic mass is 9.73. The Morgan fingerprint density at radius 2 is 1.45 bits per heavy atom. The molecule has 5 atom stereocenters. The molecule has 0 aromatic carbocycles. The lowest BCUT2D eigenvalue weighted by Crippen LogP contribution is -2.42. The van der Waals surface area contributed by atoms with E-state index < -0.39 is 0 Å². The fourth-order valence-corrected chi connectivity index (χ4v) is 5.13. The van der Waals surface area contributed by atoms with Crippen LogP contribution < -0.4 is 0 Å². The standard InChI is InChI=1S/C25H47BO5/c1-24(2,3)21-13-12-20(10-8-18-27-21)30-22-14-16-25(26,15-9-19-28-22)31-23-11-6-4-5-7-17-29-23/h20-23H,4-19,26H2,1-3H3. The maximum atomic E-state index is 6.57. The molecule has 31 heavy (non-hydrogen) atoms. The third kappa shape index (κ3) is 8.96. The molecule has 0 saturated carbocycles. The van der Waals surface area contributed by atoms with Gasteiger partial charge in [0.05, 0.1) is 12.2 Å². The van der Waals surface area contributed by atoms with Crippen molar-refractivity contribution >= 4 is 7.85 Å². The van der Waals surface area contributed by atoms with Crippen molar-refractivity contribution in [2.24, 2.45) is 5.41 Å². The predicted octanol–water partition coefficient (Wildman–Crippen LogP) is 4.95. The summed E-state index contributed by atoms with van der Waals surface area (Å²) in [4.78, 5) is 0. The molecule has 5 unspecified atom stereocenters. The Morgan fingerprint density at radius 1 is 0.710 bits per heavy atom. The van der Waals surface area contributed by atoms with Gasteiger partial charge in [0.2, 0.25) is 0 Å². The summed E-state index contributed by atoms with van der Waals surface area (Å²) in [6.45, 7) is 9.22. The van der Waals surface area contributed by atoms with Crippen LogP contribution >= 0.6 is 0 Å². The van der Waals surface area contributed by atoms with Gasteiger partial charge in [-0.25, -0.2) is 0 Å². The molecule has 0 aromatic heterocycles. The van der Waals surface area contributed by atoms with Crippen LogP contribution in [0.15, 0.2) is 0 Å². The molecule has 3 saturated heterocycles. The van der Waals surface area contributed by atoms with E-state index in [9.17, 15) is 0 Å². The number of rotatable bonds is 4. The van der Waals surface area contributed by atoms with Crippen LogP contribution in [0.3, 0.4) is 0 Å². The molecule has 0 amide bonds. The molecule has 0 spiro atoms. The van der Waals surface area contributed by atoms with Crippen molar-refractivity contribution in [3.63, 3.8) is 0 Å². The summed E-state index contributed by atoms with van der Waals surface area (Å²) in [6, 6.07) is 0. The molecule has 0 aliphatic carbocycles. The molecule has 6 heteroatoms. The normalized spacial score (nSPS) is 37.5. The summed E-state index contributed by atoms with van der Waals surface area (Å²) in [6.07, 6.45) is 14.4. The topological polar surface area (TPSA) is 46.2 Å². The van der Waals surface area contributed by atoms with Crippen LogP contribution in [0.1, 0.15) is 104 Å². The van der Waals surface area contributed by atoms with Crippen LogP contribution in [0.25, 0.3) is 0 Å². The third-order valence-electron chi connectivity index (χ3n) is 7.17. The highest BCUT2D eigenvalue weighted by Crippen LogP contribution is 2.32. The average molecular weight is 438 g/mol. The Balaban J connectivity index is 1.50. The summed E-state index contributed by atoms with van der Waals surface area (Å²) in [5.41, 5.74) is 0.0260.